The van der Waals surface area contributed by atoms with E-state index in [9.17, 15) is 14.4 Å². The summed E-state index contributed by atoms with van der Waals surface area (Å²) in [5.74, 6) is 1.39. The third kappa shape index (κ3) is 7.51. The molecule has 7 rings (SSSR count). The standard InChI is InChI=1S/C39H42ClN7O5S/c1-22-10-15-30(37(49)42-22)46-21-27-8-5-9-31(34(27)38(46)50)52-19-7-18-51-17-6-16-41-32(48)20-29-36-45-44-25(4)47(36)39-33(23(2)24(3)53-39)35(43-29)26-11-13-28(40)14-12-26/h5,8-9,11-14,29-30H,1,6-7,10,15-21H2,2-4H3,(H,41,48)(H,42,49)/t29-,30?/m0/s1. The first-order valence-corrected chi connectivity index (χ1v) is 19.0. The van der Waals surface area contributed by atoms with Crippen molar-refractivity contribution in [1.29, 1.82) is 0 Å². The molecule has 5 heterocycles. The maximum absolute atomic E-state index is 13.3. The van der Waals surface area contributed by atoms with Crippen LogP contribution in [0.5, 0.6) is 5.75 Å². The molecule has 12 nitrogen and oxygen atoms in total. The molecule has 3 amide bonds. The number of fused-ring (bicyclic) bond motifs is 4. The van der Waals surface area contributed by atoms with Gasteiger partial charge in [0.25, 0.3) is 5.91 Å². The molecule has 1 fully saturated rings. The van der Waals surface area contributed by atoms with Crippen molar-refractivity contribution in [2.45, 2.75) is 71.5 Å². The molecule has 3 aliphatic rings. The van der Waals surface area contributed by atoms with Crippen LogP contribution in [0, 0.1) is 20.8 Å². The number of aryl methyl sites for hydroxylation is 2. The van der Waals surface area contributed by atoms with Gasteiger partial charge in [0, 0.05) is 59.4 Å². The Balaban J connectivity index is 0.881. The molecule has 1 saturated heterocycles. The Kier molecular flexibility index (Phi) is 10.8. The van der Waals surface area contributed by atoms with Crippen molar-refractivity contribution in [2.75, 3.05) is 26.4 Å². The van der Waals surface area contributed by atoms with Crippen molar-refractivity contribution >= 4 is 46.4 Å². The quantitative estimate of drug-likeness (QED) is 0.161. The lowest BCUT2D eigenvalue weighted by atomic mass is 9.99. The zero-order chi connectivity index (χ0) is 37.2. The molecule has 276 valence electrons. The molecule has 3 aliphatic heterocycles. The van der Waals surface area contributed by atoms with Crippen LogP contribution in [-0.2, 0) is 20.9 Å². The van der Waals surface area contributed by atoms with Gasteiger partial charge >= 0.3 is 0 Å². The van der Waals surface area contributed by atoms with Crippen molar-refractivity contribution in [1.82, 2.24) is 30.3 Å². The molecule has 2 N–H and O–H groups in total. The molecule has 2 aromatic heterocycles. The Bertz CT molecular complexity index is 2110. The number of amides is 3. The lowest BCUT2D eigenvalue weighted by molar-refractivity contribution is -0.126. The molecular formula is C39H42ClN7O5S. The molecule has 0 saturated carbocycles. The first kappa shape index (κ1) is 36.5. The maximum Gasteiger partial charge on any atom is 0.258 e. The Morgan fingerprint density at radius 2 is 1.85 bits per heavy atom. The number of carbonyl (C=O) groups is 3. The number of aliphatic imine (C=N–C) groups is 1. The first-order chi connectivity index (χ1) is 25.6. The number of carbonyl (C=O) groups excluding carboxylic acids is 3. The summed E-state index contributed by atoms with van der Waals surface area (Å²) in [7, 11) is 0. The molecule has 2 aromatic carbocycles. The first-order valence-electron chi connectivity index (χ1n) is 17.9. The van der Waals surface area contributed by atoms with Gasteiger partial charge in [-0.2, -0.15) is 0 Å². The predicted molar refractivity (Wildman–Crippen MR) is 203 cm³/mol. The maximum atomic E-state index is 13.3. The van der Waals surface area contributed by atoms with E-state index in [1.54, 1.807) is 22.3 Å². The van der Waals surface area contributed by atoms with E-state index in [-0.39, 0.29) is 24.1 Å². The summed E-state index contributed by atoms with van der Waals surface area (Å²) in [6, 6.07) is 12.1. The van der Waals surface area contributed by atoms with E-state index < -0.39 is 12.1 Å². The van der Waals surface area contributed by atoms with E-state index in [0.29, 0.717) is 86.5 Å². The van der Waals surface area contributed by atoms with Crippen LogP contribution in [0.3, 0.4) is 0 Å². The normalized spacial score (nSPS) is 17.8. The largest absolute Gasteiger partial charge is 0.493 e. The fourth-order valence-corrected chi connectivity index (χ4v) is 8.35. The lowest BCUT2D eigenvalue weighted by Crippen LogP contribution is -2.49. The summed E-state index contributed by atoms with van der Waals surface area (Å²) in [4.78, 5) is 47.1. The highest BCUT2D eigenvalue weighted by Crippen LogP contribution is 2.40. The number of nitrogens with zero attached hydrogens (tertiary/aromatic N) is 5. The van der Waals surface area contributed by atoms with Crippen LogP contribution in [-0.4, -0.2) is 75.5 Å². The van der Waals surface area contributed by atoms with Gasteiger partial charge in [0.15, 0.2) is 5.82 Å². The van der Waals surface area contributed by atoms with Gasteiger partial charge < -0.3 is 25.0 Å². The third-order valence-corrected chi connectivity index (χ3v) is 11.3. The summed E-state index contributed by atoms with van der Waals surface area (Å²) in [5.41, 5.74) is 5.95. The van der Waals surface area contributed by atoms with Crippen LogP contribution in [0.15, 0.2) is 59.7 Å². The number of nitrogens with one attached hydrogen (secondary N) is 2. The number of aromatic nitrogens is 3. The van der Waals surface area contributed by atoms with Crippen molar-refractivity contribution in [3.8, 4) is 10.8 Å². The van der Waals surface area contributed by atoms with Gasteiger partial charge in [-0.25, -0.2) is 0 Å². The molecule has 0 spiro atoms. The van der Waals surface area contributed by atoms with Gasteiger partial charge in [-0.1, -0.05) is 42.4 Å². The second-order valence-corrected chi connectivity index (χ2v) is 15.1. The number of halogens is 1. The van der Waals surface area contributed by atoms with E-state index in [4.69, 9.17) is 26.1 Å². The number of hydrogen-bond donors (Lipinski definition) is 2. The highest BCUT2D eigenvalue weighted by atomic mass is 35.5. The van der Waals surface area contributed by atoms with Crippen molar-refractivity contribution in [3.05, 3.63) is 104 Å². The predicted octanol–water partition coefficient (Wildman–Crippen LogP) is 5.93. The Morgan fingerprint density at radius 3 is 2.64 bits per heavy atom. The van der Waals surface area contributed by atoms with Crippen LogP contribution in [0.1, 0.15) is 87.3 Å². The monoisotopic (exact) mass is 755 g/mol. The molecule has 0 radical (unpaired) electrons. The average molecular weight is 756 g/mol. The molecule has 2 atom stereocenters. The SMILES string of the molecule is C=C1CCC(N2Cc3cccc(OCCCOCCCNC(=O)C[C@@H]4N=C(c5ccc(Cl)cc5)c5c(sc(C)c5C)-n5c(C)nnc54)c3C2=O)C(=O)N1. The number of piperidine rings is 1. The molecule has 0 aliphatic carbocycles. The topological polar surface area (TPSA) is 140 Å². The van der Waals surface area contributed by atoms with Crippen LogP contribution in [0.4, 0.5) is 0 Å². The minimum absolute atomic E-state index is 0.119. The number of hydrogen-bond acceptors (Lipinski definition) is 9. The second kappa shape index (κ2) is 15.6. The van der Waals surface area contributed by atoms with Crippen LogP contribution >= 0.6 is 22.9 Å². The van der Waals surface area contributed by atoms with E-state index in [1.165, 1.54) is 4.88 Å². The van der Waals surface area contributed by atoms with Gasteiger partial charge in [-0.3, -0.25) is 23.9 Å². The van der Waals surface area contributed by atoms with Gasteiger partial charge in [-0.15, -0.1) is 21.5 Å². The average Bonchev–Trinajstić information content (AvgIpc) is 3.75. The molecular weight excluding hydrogens is 714 g/mol. The van der Waals surface area contributed by atoms with Crippen LogP contribution < -0.4 is 15.4 Å². The van der Waals surface area contributed by atoms with Crippen molar-refractivity contribution in [3.63, 3.8) is 0 Å². The number of ether oxygens (including phenoxy) is 2. The second-order valence-electron chi connectivity index (χ2n) is 13.5. The summed E-state index contributed by atoms with van der Waals surface area (Å²) in [6.45, 7) is 12.1. The minimum Gasteiger partial charge on any atom is -0.493 e. The number of thiophene rings is 1. The van der Waals surface area contributed by atoms with Crippen LogP contribution in [0.25, 0.3) is 5.00 Å². The zero-order valence-electron chi connectivity index (χ0n) is 30.0. The number of benzene rings is 2. The molecule has 1 unspecified atom stereocenters. The summed E-state index contributed by atoms with van der Waals surface area (Å²) < 4.78 is 13.9. The van der Waals surface area contributed by atoms with Gasteiger partial charge in [0.1, 0.15) is 28.7 Å². The molecule has 14 heteroatoms. The summed E-state index contributed by atoms with van der Waals surface area (Å²) >= 11 is 7.89. The molecule has 4 aromatic rings. The summed E-state index contributed by atoms with van der Waals surface area (Å²) in [6.07, 6.45) is 2.59. The van der Waals surface area contributed by atoms with E-state index in [2.05, 4.69) is 41.3 Å². The van der Waals surface area contributed by atoms with E-state index in [1.807, 2.05) is 47.9 Å². The van der Waals surface area contributed by atoms with Gasteiger partial charge in [0.2, 0.25) is 11.8 Å². The van der Waals surface area contributed by atoms with Crippen molar-refractivity contribution in [2.24, 2.45) is 4.99 Å². The number of rotatable bonds is 13. The highest BCUT2D eigenvalue weighted by molar-refractivity contribution is 7.15. The smallest absolute Gasteiger partial charge is 0.258 e. The fourth-order valence-electron chi connectivity index (χ4n) is 7.01. The Labute approximate surface area is 317 Å². The number of allylic oxidation sites excluding steroid dienone is 1. The fraction of sp³-hybridized carbons (Fsp3) is 0.385. The minimum atomic E-state index is -0.533. The summed E-state index contributed by atoms with van der Waals surface area (Å²) in [5, 5.41) is 16.3. The third-order valence-electron chi connectivity index (χ3n) is 9.84. The van der Waals surface area contributed by atoms with Crippen molar-refractivity contribution < 1.29 is 23.9 Å². The van der Waals surface area contributed by atoms with Gasteiger partial charge in [0.05, 0.1) is 24.3 Å². The Hall–Kier alpha value is -4.85. The zero-order valence-corrected chi connectivity index (χ0v) is 31.6. The van der Waals surface area contributed by atoms with E-state index in [0.717, 1.165) is 38.8 Å². The Morgan fingerprint density at radius 1 is 1.06 bits per heavy atom. The molecule has 0 bridgehead atoms. The van der Waals surface area contributed by atoms with E-state index >= 15 is 0 Å². The molecule has 53 heavy (non-hydrogen) atoms. The van der Waals surface area contributed by atoms with Crippen LogP contribution in [0.2, 0.25) is 5.02 Å². The highest BCUT2D eigenvalue weighted by Gasteiger charge is 2.39. The lowest BCUT2D eigenvalue weighted by Gasteiger charge is -2.30. The van der Waals surface area contributed by atoms with Gasteiger partial charge in [-0.05, 0) is 69.4 Å².